The highest BCUT2D eigenvalue weighted by atomic mass is 79.9. The predicted octanol–water partition coefficient (Wildman–Crippen LogP) is 3.72. The minimum Gasteiger partial charge on any atom is -0.506 e. The highest BCUT2D eigenvalue weighted by Crippen LogP contribution is 2.30. The minimum absolute atomic E-state index is 0.0603. The van der Waals surface area contributed by atoms with Gasteiger partial charge in [-0.05, 0) is 29.8 Å². The number of aliphatic hydroxyl groups is 1. The number of aliphatic hydroxyl groups excluding tert-OH is 1. The largest absolute Gasteiger partial charge is 0.506 e. The third-order valence-electron chi connectivity index (χ3n) is 3.41. The van der Waals surface area contributed by atoms with Crippen LogP contribution in [0.1, 0.15) is 27.3 Å². The molecule has 0 saturated heterocycles. The summed E-state index contributed by atoms with van der Waals surface area (Å²) in [7, 11) is 0. The molecule has 0 radical (unpaired) electrons. The summed E-state index contributed by atoms with van der Waals surface area (Å²) < 4.78 is 0.831. The van der Waals surface area contributed by atoms with Crippen LogP contribution in [0.5, 0.6) is 0 Å². The van der Waals surface area contributed by atoms with Crippen molar-refractivity contribution in [2.24, 2.45) is 4.99 Å². The SMILES string of the molecule is Cc1nc(/N=C/C2=C(O)c3ccccc3C2=O)nc(C)c1Br. The van der Waals surface area contributed by atoms with Crippen LogP contribution in [0.4, 0.5) is 5.95 Å². The summed E-state index contributed by atoms with van der Waals surface area (Å²) in [5.41, 5.74) is 2.68. The fourth-order valence-corrected chi connectivity index (χ4v) is 2.45. The fourth-order valence-electron chi connectivity index (χ4n) is 2.27. The third kappa shape index (κ3) is 2.35. The molecular weight excluding hydrogens is 346 g/mol. The molecule has 0 saturated carbocycles. The van der Waals surface area contributed by atoms with Crippen LogP contribution < -0.4 is 0 Å². The Labute approximate surface area is 135 Å². The fraction of sp³-hybridized carbons (Fsp3) is 0.125. The van der Waals surface area contributed by atoms with Crippen molar-refractivity contribution in [1.29, 1.82) is 0 Å². The first-order valence-electron chi connectivity index (χ1n) is 6.61. The van der Waals surface area contributed by atoms with E-state index >= 15 is 0 Å². The normalized spacial score (nSPS) is 14.0. The van der Waals surface area contributed by atoms with Gasteiger partial charge in [0.05, 0.1) is 21.4 Å². The number of fused-ring (bicyclic) bond motifs is 1. The maximum atomic E-state index is 12.3. The van der Waals surface area contributed by atoms with Gasteiger partial charge in [-0.15, -0.1) is 0 Å². The highest BCUT2D eigenvalue weighted by Gasteiger charge is 2.28. The van der Waals surface area contributed by atoms with Crippen LogP contribution in [0.3, 0.4) is 0 Å². The first kappa shape index (κ1) is 14.6. The van der Waals surface area contributed by atoms with E-state index in [2.05, 4.69) is 30.9 Å². The molecule has 1 aliphatic carbocycles. The van der Waals surface area contributed by atoms with Crippen molar-refractivity contribution in [3.63, 3.8) is 0 Å². The molecule has 6 heteroatoms. The van der Waals surface area contributed by atoms with E-state index < -0.39 is 0 Å². The number of nitrogens with zero attached hydrogens (tertiary/aromatic N) is 3. The molecule has 0 bridgehead atoms. The number of ketones is 1. The van der Waals surface area contributed by atoms with Gasteiger partial charge in [-0.3, -0.25) is 4.79 Å². The van der Waals surface area contributed by atoms with E-state index in [1.54, 1.807) is 24.3 Å². The number of aromatic nitrogens is 2. The molecule has 1 aromatic heterocycles. The molecule has 3 rings (SSSR count). The van der Waals surface area contributed by atoms with Gasteiger partial charge in [-0.2, -0.15) is 0 Å². The number of halogens is 1. The Kier molecular flexibility index (Phi) is 3.62. The van der Waals surface area contributed by atoms with Crippen molar-refractivity contribution in [3.8, 4) is 0 Å². The molecule has 0 fully saturated rings. The zero-order chi connectivity index (χ0) is 15.9. The van der Waals surface area contributed by atoms with Crippen LogP contribution in [0.2, 0.25) is 0 Å². The lowest BCUT2D eigenvalue weighted by molar-refractivity contribution is 0.104. The molecule has 1 aliphatic rings. The van der Waals surface area contributed by atoms with Crippen molar-refractivity contribution in [3.05, 3.63) is 56.8 Å². The van der Waals surface area contributed by atoms with Gasteiger partial charge < -0.3 is 5.11 Å². The average molecular weight is 358 g/mol. The number of allylic oxidation sites excluding steroid dienone is 1. The van der Waals surface area contributed by atoms with Crippen molar-refractivity contribution in [1.82, 2.24) is 9.97 Å². The van der Waals surface area contributed by atoms with E-state index in [1.165, 1.54) is 6.21 Å². The van der Waals surface area contributed by atoms with Gasteiger partial charge in [-0.1, -0.05) is 24.3 Å². The summed E-state index contributed by atoms with van der Waals surface area (Å²) in [4.78, 5) is 24.8. The van der Waals surface area contributed by atoms with Crippen molar-refractivity contribution < 1.29 is 9.90 Å². The summed E-state index contributed by atoms with van der Waals surface area (Å²) in [6.45, 7) is 3.68. The Morgan fingerprint density at radius 3 is 2.32 bits per heavy atom. The first-order chi connectivity index (χ1) is 10.5. The summed E-state index contributed by atoms with van der Waals surface area (Å²) in [5, 5.41) is 10.2. The molecule has 22 heavy (non-hydrogen) atoms. The Morgan fingerprint density at radius 2 is 1.73 bits per heavy atom. The van der Waals surface area contributed by atoms with Crippen molar-refractivity contribution in [2.45, 2.75) is 13.8 Å². The second kappa shape index (κ2) is 5.46. The Bertz CT molecular complexity index is 833. The summed E-state index contributed by atoms with van der Waals surface area (Å²) >= 11 is 3.39. The van der Waals surface area contributed by atoms with Crippen LogP contribution in [-0.4, -0.2) is 27.1 Å². The lowest BCUT2D eigenvalue weighted by Gasteiger charge is -2.02. The quantitative estimate of drug-likeness (QED) is 0.831. The van der Waals surface area contributed by atoms with Gasteiger partial charge in [0.15, 0.2) is 5.78 Å². The van der Waals surface area contributed by atoms with E-state index in [0.29, 0.717) is 11.1 Å². The van der Waals surface area contributed by atoms with Gasteiger partial charge in [0.1, 0.15) is 5.76 Å². The van der Waals surface area contributed by atoms with Crippen molar-refractivity contribution >= 4 is 39.6 Å². The first-order valence-corrected chi connectivity index (χ1v) is 7.40. The number of aliphatic imine (C=N–C) groups is 1. The van der Waals surface area contributed by atoms with E-state index in [9.17, 15) is 9.90 Å². The van der Waals surface area contributed by atoms with E-state index in [4.69, 9.17) is 0 Å². The Hall–Kier alpha value is -2.34. The lowest BCUT2D eigenvalue weighted by atomic mass is 10.1. The lowest BCUT2D eigenvalue weighted by Crippen LogP contribution is -2.00. The van der Waals surface area contributed by atoms with Crippen LogP contribution in [0, 0.1) is 13.8 Å². The molecule has 1 N–H and O–H groups in total. The van der Waals surface area contributed by atoms with Crippen molar-refractivity contribution in [2.75, 3.05) is 0 Å². The second-order valence-corrected chi connectivity index (χ2v) is 5.70. The summed E-state index contributed by atoms with van der Waals surface area (Å²) in [6.07, 6.45) is 1.32. The Morgan fingerprint density at radius 1 is 1.14 bits per heavy atom. The highest BCUT2D eigenvalue weighted by molar-refractivity contribution is 9.10. The van der Waals surface area contributed by atoms with Gasteiger partial charge in [-0.25, -0.2) is 15.0 Å². The summed E-state index contributed by atoms with van der Waals surface area (Å²) in [6, 6.07) is 6.91. The monoisotopic (exact) mass is 357 g/mol. The third-order valence-corrected chi connectivity index (χ3v) is 4.55. The molecule has 0 atom stereocenters. The molecule has 2 aromatic rings. The number of carbonyl (C=O) groups excluding carboxylic acids is 1. The number of hydrogen-bond acceptors (Lipinski definition) is 5. The molecule has 1 heterocycles. The number of aryl methyl sites for hydroxylation is 2. The number of carbonyl (C=O) groups is 1. The van der Waals surface area contributed by atoms with E-state index in [1.807, 2.05) is 13.8 Å². The van der Waals surface area contributed by atoms with Gasteiger partial charge in [0.2, 0.25) is 5.95 Å². The second-order valence-electron chi connectivity index (χ2n) is 4.90. The zero-order valence-electron chi connectivity index (χ0n) is 12.0. The van der Waals surface area contributed by atoms with Gasteiger partial charge >= 0.3 is 0 Å². The number of benzene rings is 1. The molecule has 110 valence electrons. The molecule has 1 aromatic carbocycles. The van der Waals surface area contributed by atoms with E-state index in [0.717, 1.165) is 15.9 Å². The van der Waals surface area contributed by atoms with Gasteiger partial charge in [0.25, 0.3) is 0 Å². The average Bonchev–Trinajstić information content (AvgIpc) is 2.75. The van der Waals surface area contributed by atoms with Crippen LogP contribution in [0.15, 0.2) is 39.3 Å². The van der Waals surface area contributed by atoms with Crippen LogP contribution in [-0.2, 0) is 0 Å². The minimum atomic E-state index is -0.248. The Balaban J connectivity index is 1.98. The predicted molar refractivity (Wildman–Crippen MR) is 87.7 cm³/mol. The summed E-state index contributed by atoms with van der Waals surface area (Å²) in [5.74, 6) is -0.0560. The smallest absolute Gasteiger partial charge is 0.249 e. The zero-order valence-corrected chi connectivity index (χ0v) is 13.5. The molecule has 0 amide bonds. The molecule has 5 nitrogen and oxygen atoms in total. The maximum Gasteiger partial charge on any atom is 0.249 e. The standard InChI is InChI=1S/C16H12BrN3O2/c1-8-13(17)9(2)20-16(19-8)18-7-12-14(21)10-5-3-4-6-11(10)15(12)22/h3-7,21H,1-2H3/b18-7+. The molecule has 0 unspecified atom stereocenters. The topological polar surface area (TPSA) is 75.4 Å². The molecule has 0 spiro atoms. The number of Topliss-reactive ketones (excluding diaryl/α,β-unsaturated/α-hetero) is 1. The number of hydrogen-bond donors (Lipinski definition) is 1. The van der Waals surface area contributed by atoms with Gasteiger partial charge in [0, 0.05) is 17.3 Å². The maximum absolute atomic E-state index is 12.3. The number of rotatable bonds is 2. The molecule has 0 aliphatic heterocycles. The van der Waals surface area contributed by atoms with E-state index in [-0.39, 0.29) is 23.1 Å². The molecular formula is C16H12BrN3O2. The van der Waals surface area contributed by atoms with Crippen LogP contribution >= 0.6 is 15.9 Å². The van der Waals surface area contributed by atoms with Crippen LogP contribution in [0.25, 0.3) is 5.76 Å².